The molecule has 0 amide bonds. The highest BCUT2D eigenvalue weighted by molar-refractivity contribution is 4.74. The van der Waals surface area contributed by atoms with Gasteiger partial charge in [-0.3, -0.25) is 0 Å². The van der Waals surface area contributed by atoms with Gasteiger partial charge in [-0.2, -0.15) is 0 Å². The van der Waals surface area contributed by atoms with Crippen molar-refractivity contribution in [2.24, 2.45) is 5.73 Å². The van der Waals surface area contributed by atoms with Crippen molar-refractivity contribution in [2.75, 3.05) is 13.7 Å². The first kappa shape index (κ1) is 9.88. The zero-order chi connectivity index (χ0) is 8.20. The van der Waals surface area contributed by atoms with Crippen LogP contribution in [0.2, 0.25) is 0 Å². The highest BCUT2D eigenvalue weighted by Crippen LogP contribution is 2.13. The van der Waals surface area contributed by atoms with E-state index in [1.165, 1.54) is 0 Å². The van der Waals surface area contributed by atoms with E-state index in [0.717, 1.165) is 0 Å². The fourth-order valence-electron chi connectivity index (χ4n) is 0.779. The van der Waals surface area contributed by atoms with Crippen LogP contribution in [-0.4, -0.2) is 30.5 Å². The summed E-state index contributed by atoms with van der Waals surface area (Å²) in [6, 6.07) is -0.171. The van der Waals surface area contributed by atoms with Gasteiger partial charge in [-0.15, -0.1) is 0 Å². The van der Waals surface area contributed by atoms with Gasteiger partial charge in [-0.25, -0.2) is 0 Å². The van der Waals surface area contributed by atoms with E-state index < -0.39 is 0 Å². The SMILES string of the molecule is COC(C)(C)C[C@H](N)CO. The van der Waals surface area contributed by atoms with Crippen molar-refractivity contribution in [2.45, 2.75) is 31.9 Å². The quantitative estimate of drug-likeness (QED) is 0.594. The van der Waals surface area contributed by atoms with Crippen LogP contribution in [0, 0.1) is 0 Å². The van der Waals surface area contributed by atoms with E-state index in [2.05, 4.69) is 0 Å². The fourth-order valence-corrected chi connectivity index (χ4v) is 0.779. The van der Waals surface area contributed by atoms with E-state index in [0.29, 0.717) is 6.42 Å². The van der Waals surface area contributed by atoms with Gasteiger partial charge in [0.1, 0.15) is 0 Å². The van der Waals surface area contributed by atoms with E-state index in [4.69, 9.17) is 15.6 Å². The number of hydrogen-bond donors (Lipinski definition) is 2. The molecule has 0 rings (SSSR count). The molecule has 3 heteroatoms. The summed E-state index contributed by atoms with van der Waals surface area (Å²) < 4.78 is 5.12. The molecular weight excluding hydrogens is 130 g/mol. The van der Waals surface area contributed by atoms with Crippen LogP contribution < -0.4 is 5.73 Å². The van der Waals surface area contributed by atoms with Crippen LogP contribution in [0.5, 0.6) is 0 Å². The first-order valence-corrected chi connectivity index (χ1v) is 3.43. The molecule has 0 heterocycles. The van der Waals surface area contributed by atoms with Gasteiger partial charge in [0.2, 0.25) is 0 Å². The molecule has 3 N–H and O–H groups in total. The summed E-state index contributed by atoms with van der Waals surface area (Å²) in [6.45, 7) is 3.91. The zero-order valence-electron chi connectivity index (χ0n) is 6.92. The Kier molecular flexibility index (Phi) is 3.86. The van der Waals surface area contributed by atoms with Crippen molar-refractivity contribution in [3.63, 3.8) is 0 Å². The largest absolute Gasteiger partial charge is 0.395 e. The van der Waals surface area contributed by atoms with Crippen LogP contribution in [-0.2, 0) is 4.74 Å². The number of nitrogens with two attached hydrogens (primary N) is 1. The Bertz CT molecular complexity index is 93.6. The molecule has 0 aliphatic heterocycles. The summed E-state index contributed by atoms with van der Waals surface area (Å²) in [7, 11) is 1.64. The molecule has 3 nitrogen and oxygen atoms in total. The summed E-state index contributed by atoms with van der Waals surface area (Å²) in [5, 5.41) is 8.61. The summed E-state index contributed by atoms with van der Waals surface area (Å²) >= 11 is 0. The molecule has 0 fully saturated rings. The standard InChI is InChI=1S/C7H17NO2/c1-7(2,10-3)4-6(8)5-9/h6,9H,4-5,8H2,1-3H3/t6-/m0/s1. The summed E-state index contributed by atoms with van der Waals surface area (Å²) in [5.41, 5.74) is 5.28. The highest BCUT2D eigenvalue weighted by atomic mass is 16.5. The smallest absolute Gasteiger partial charge is 0.0638 e. The van der Waals surface area contributed by atoms with Crippen molar-refractivity contribution in [1.82, 2.24) is 0 Å². The zero-order valence-corrected chi connectivity index (χ0v) is 6.92. The normalized spacial score (nSPS) is 15.3. The maximum absolute atomic E-state index is 8.61. The molecule has 0 radical (unpaired) electrons. The van der Waals surface area contributed by atoms with E-state index in [1.54, 1.807) is 7.11 Å². The minimum Gasteiger partial charge on any atom is -0.395 e. The number of ether oxygens (including phenoxy) is 1. The average Bonchev–Trinajstić information content (AvgIpc) is 1.87. The highest BCUT2D eigenvalue weighted by Gasteiger charge is 2.19. The minimum atomic E-state index is -0.220. The molecule has 10 heavy (non-hydrogen) atoms. The molecule has 0 aliphatic rings. The van der Waals surface area contributed by atoms with Gasteiger partial charge in [0, 0.05) is 13.2 Å². The van der Waals surface area contributed by atoms with Crippen LogP contribution in [0.1, 0.15) is 20.3 Å². The number of rotatable bonds is 4. The molecule has 0 spiro atoms. The topological polar surface area (TPSA) is 55.5 Å². The van der Waals surface area contributed by atoms with Crippen molar-refractivity contribution in [3.05, 3.63) is 0 Å². The van der Waals surface area contributed by atoms with Gasteiger partial charge in [-0.05, 0) is 20.3 Å². The number of methoxy groups -OCH3 is 1. The van der Waals surface area contributed by atoms with Crippen molar-refractivity contribution in [3.8, 4) is 0 Å². The first-order chi connectivity index (χ1) is 4.52. The average molecular weight is 147 g/mol. The molecule has 0 saturated heterocycles. The van der Waals surface area contributed by atoms with Crippen molar-refractivity contribution >= 4 is 0 Å². The lowest BCUT2D eigenvalue weighted by molar-refractivity contribution is 0.00563. The predicted octanol–water partition coefficient (Wildman–Crippen LogP) is 0.121. The van der Waals surface area contributed by atoms with Crippen LogP contribution in [0.3, 0.4) is 0 Å². The Morgan fingerprint density at radius 2 is 2.10 bits per heavy atom. The minimum absolute atomic E-state index is 0.0206. The van der Waals surface area contributed by atoms with Gasteiger partial charge in [0.25, 0.3) is 0 Å². The van der Waals surface area contributed by atoms with E-state index in [1.807, 2.05) is 13.8 Å². The maximum atomic E-state index is 8.61. The van der Waals surface area contributed by atoms with Gasteiger partial charge < -0.3 is 15.6 Å². The van der Waals surface area contributed by atoms with E-state index >= 15 is 0 Å². The number of hydrogen-bond acceptors (Lipinski definition) is 3. The summed E-state index contributed by atoms with van der Waals surface area (Å²) in [6.07, 6.45) is 0.681. The van der Waals surface area contributed by atoms with Crippen LogP contribution in [0.15, 0.2) is 0 Å². The molecule has 1 atom stereocenters. The first-order valence-electron chi connectivity index (χ1n) is 3.43. The fraction of sp³-hybridized carbons (Fsp3) is 1.00. The molecule has 0 aromatic rings. The van der Waals surface area contributed by atoms with Gasteiger partial charge >= 0.3 is 0 Å². The number of aliphatic hydroxyl groups is 1. The third kappa shape index (κ3) is 3.82. The molecule has 0 aromatic heterocycles. The lowest BCUT2D eigenvalue weighted by Gasteiger charge is -2.25. The van der Waals surface area contributed by atoms with E-state index in [-0.39, 0.29) is 18.2 Å². The van der Waals surface area contributed by atoms with Crippen molar-refractivity contribution in [1.29, 1.82) is 0 Å². The second-order valence-electron chi connectivity index (χ2n) is 3.11. The van der Waals surface area contributed by atoms with Crippen LogP contribution in [0.4, 0.5) is 0 Å². The molecule has 0 aromatic carbocycles. The molecule has 0 saturated carbocycles. The third-order valence-corrected chi connectivity index (χ3v) is 1.54. The Labute approximate surface area is 62.2 Å². The van der Waals surface area contributed by atoms with Gasteiger partial charge in [-0.1, -0.05) is 0 Å². The van der Waals surface area contributed by atoms with E-state index in [9.17, 15) is 0 Å². The van der Waals surface area contributed by atoms with Crippen molar-refractivity contribution < 1.29 is 9.84 Å². The van der Waals surface area contributed by atoms with Gasteiger partial charge in [0.15, 0.2) is 0 Å². The monoisotopic (exact) mass is 147 g/mol. The van der Waals surface area contributed by atoms with Gasteiger partial charge in [0.05, 0.1) is 12.2 Å². The van der Waals surface area contributed by atoms with Crippen LogP contribution >= 0.6 is 0 Å². The summed E-state index contributed by atoms with van der Waals surface area (Å²) in [4.78, 5) is 0. The Balaban J connectivity index is 3.64. The van der Waals surface area contributed by atoms with Crippen LogP contribution in [0.25, 0.3) is 0 Å². The maximum Gasteiger partial charge on any atom is 0.0638 e. The second-order valence-corrected chi connectivity index (χ2v) is 3.11. The Morgan fingerprint density at radius 3 is 2.40 bits per heavy atom. The lowest BCUT2D eigenvalue weighted by Crippen LogP contribution is -2.35. The molecule has 62 valence electrons. The molecule has 0 bridgehead atoms. The third-order valence-electron chi connectivity index (χ3n) is 1.54. The lowest BCUT2D eigenvalue weighted by atomic mass is 10.00. The molecular formula is C7H17NO2. The summed E-state index contributed by atoms with van der Waals surface area (Å²) in [5.74, 6) is 0. The number of aliphatic hydroxyl groups excluding tert-OH is 1. The molecule has 0 unspecified atom stereocenters. The Hall–Kier alpha value is -0.120. The Morgan fingerprint density at radius 1 is 1.60 bits per heavy atom. The molecule has 0 aliphatic carbocycles. The predicted molar refractivity (Wildman–Crippen MR) is 40.8 cm³/mol. The second kappa shape index (κ2) is 3.91.